The Hall–Kier alpha value is -2.09. The van der Waals surface area contributed by atoms with Crippen molar-refractivity contribution in [3.63, 3.8) is 0 Å². The van der Waals surface area contributed by atoms with E-state index in [4.69, 9.17) is 4.74 Å². The maximum atomic E-state index is 12.7. The average molecular weight is 343 g/mol. The summed E-state index contributed by atoms with van der Waals surface area (Å²) in [5.74, 6) is -0.692. The lowest BCUT2D eigenvalue weighted by Gasteiger charge is -2.13. The van der Waals surface area contributed by atoms with Gasteiger partial charge in [0.25, 0.3) is 11.9 Å². The molecule has 0 saturated carbocycles. The summed E-state index contributed by atoms with van der Waals surface area (Å²) in [6.45, 7) is 3.28. The van der Waals surface area contributed by atoms with Crippen LogP contribution >= 0.6 is 0 Å². The molecule has 0 radical (unpaired) electrons. The molecule has 2 rings (SSSR count). The van der Waals surface area contributed by atoms with Crippen LogP contribution in [0.15, 0.2) is 29.3 Å². The van der Waals surface area contributed by atoms with Crippen LogP contribution in [-0.2, 0) is 10.9 Å². The zero-order valence-corrected chi connectivity index (χ0v) is 13.4. The minimum Gasteiger partial charge on any atom is -0.468 e. The third-order valence-electron chi connectivity index (χ3n) is 3.74. The Morgan fingerprint density at radius 3 is 2.67 bits per heavy atom. The number of likely N-dealkylation sites (tertiary alicyclic amines) is 1. The van der Waals surface area contributed by atoms with Crippen LogP contribution < -0.4 is 5.32 Å². The van der Waals surface area contributed by atoms with Gasteiger partial charge in [0, 0.05) is 12.1 Å². The second-order valence-electron chi connectivity index (χ2n) is 5.47. The fourth-order valence-electron chi connectivity index (χ4n) is 2.46. The minimum absolute atomic E-state index is 0.00314. The van der Waals surface area contributed by atoms with Crippen molar-refractivity contribution < 1.29 is 22.7 Å². The lowest BCUT2D eigenvalue weighted by molar-refractivity contribution is -0.137. The number of hydrogen-bond donors (Lipinski definition) is 1. The van der Waals surface area contributed by atoms with Gasteiger partial charge in [-0.2, -0.15) is 13.2 Å². The molecule has 1 heterocycles. The molecule has 1 fully saturated rings. The molecular weight excluding hydrogens is 323 g/mol. The zero-order chi connectivity index (χ0) is 17.6. The molecule has 0 atom stereocenters. The van der Waals surface area contributed by atoms with E-state index in [2.05, 4.69) is 15.2 Å². The number of amides is 1. The van der Waals surface area contributed by atoms with Crippen molar-refractivity contribution in [1.82, 2.24) is 10.2 Å². The summed E-state index contributed by atoms with van der Waals surface area (Å²) in [4.78, 5) is 18.5. The lowest BCUT2D eigenvalue weighted by Crippen LogP contribution is -2.33. The molecular formula is C16H20F3N3O2. The van der Waals surface area contributed by atoms with Crippen LogP contribution in [0.4, 0.5) is 13.2 Å². The minimum atomic E-state index is -4.50. The van der Waals surface area contributed by atoms with Crippen LogP contribution in [0.25, 0.3) is 0 Å². The smallest absolute Gasteiger partial charge is 0.416 e. The largest absolute Gasteiger partial charge is 0.468 e. The molecule has 1 aliphatic rings. The van der Waals surface area contributed by atoms with Crippen molar-refractivity contribution in [2.75, 3.05) is 33.3 Å². The number of amidine groups is 1. The number of halogens is 3. The second kappa shape index (κ2) is 8.14. The number of ether oxygens (including phenoxy) is 1. The molecule has 1 amide bonds. The fraction of sp³-hybridized carbons (Fsp3) is 0.500. The number of carbonyl (C=O) groups excluding carboxylic acids is 1. The molecule has 5 nitrogen and oxygen atoms in total. The number of nitrogens with zero attached hydrogens (tertiary/aromatic N) is 2. The molecule has 0 unspecified atom stereocenters. The van der Waals surface area contributed by atoms with Crippen molar-refractivity contribution in [2.24, 2.45) is 4.99 Å². The maximum Gasteiger partial charge on any atom is 0.416 e. The summed E-state index contributed by atoms with van der Waals surface area (Å²) in [5, 5.41) is 2.39. The van der Waals surface area contributed by atoms with E-state index in [9.17, 15) is 18.0 Å². The van der Waals surface area contributed by atoms with E-state index < -0.39 is 17.6 Å². The van der Waals surface area contributed by atoms with Gasteiger partial charge in [-0.05, 0) is 44.1 Å². The summed E-state index contributed by atoms with van der Waals surface area (Å²) in [6, 6.07) is 4.21. The molecule has 24 heavy (non-hydrogen) atoms. The van der Waals surface area contributed by atoms with Crippen LogP contribution in [0.3, 0.4) is 0 Å². The van der Waals surface area contributed by atoms with Gasteiger partial charge in [0.05, 0.1) is 19.2 Å². The van der Waals surface area contributed by atoms with Gasteiger partial charge in [-0.3, -0.25) is 10.1 Å². The van der Waals surface area contributed by atoms with Gasteiger partial charge < -0.3 is 9.64 Å². The molecule has 132 valence electrons. The first-order valence-corrected chi connectivity index (χ1v) is 7.69. The highest BCUT2D eigenvalue weighted by Crippen LogP contribution is 2.29. The van der Waals surface area contributed by atoms with Gasteiger partial charge in [0.15, 0.2) is 0 Å². The number of hydrogen-bond acceptors (Lipinski definition) is 4. The number of alkyl halides is 3. The highest BCUT2D eigenvalue weighted by molar-refractivity contribution is 6.04. The molecule has 0 bridgehead atoms. The fourth-order valence-corrected chi connectivity index (χ4v) is 2.46. The molecule has 0 spiro atoms. The number of nitrogens with one attached hydrogen (secondary N) is 1. The van der Waals surface area contributed by atoms with Crippen LogP contribution in [0.5, 0.6) is 0 Å². The first-order valence-electron chi connectivity index (χ1n) is 7.69. The first-order chi connectivity index (χ1) is 11.4. The van der Waals surface area contributed by atoms with Crippen molar-refractivity contribution in [2.45, 2.75) is 19.0 Å². The van der Waals surface area contributed by atoms with Gasteiger partial charge in [-0.15, -0.1) is 0 Å². The normalized spacial score (nSPS) is 16.2. The van der Waals surface area contributed by atoms with Gasteiger partial charge >= 0.3 is 6.18 Å². The third kappa shape index (κ3) is 5.23. The van der Waals surface area contributed by atoms with Crippen molar-refractivity contribution >= 4 is 11.9 Å². The summed E-state index contributed by atoms with van der Waals surface area (Å²) < 4.78 is 43.1. The topological polar surface area (TPSA) is 53.9 Å². The predicted octanol–water partition coefficient (Wildman–Crippen LogP) is 2.53. The molecule has 0 aromatic heterocycles. The second-order valence-corrected chi connectivity index (χ2v) is 5.47. The summed E-state index contributed by atoms with van der Waals surface area (Å²) in [6.07, 6.45) is -2.15. The molecule has 1 aromatic carbocycles. The number of rotatable bonds is 4. The summed E-state index contributed by atoms with van der Waals surface area (Å²) in [5.41, 5.74) is -0.978. The van der Waals surface area contributed by atoms with Crippen LogP contribution in [0.2, 0.25) is 0 Å². The Labute approximate surface area is 138 Å². The van der Waals surface area contributed by atoms with Crippen molar-refractivity contribution in [1.29, 1.82) is 0 Å². The molecule has 1 saturated heterocycles. The predicted molar refractivity (Wildman–Crippen MR) is 83.9 cm³/mol. The highest BCUT2D eigenvalue weighted by atomic mass is 19.4. The van der Waals surface area contributed by atoms with Gasteiger partial charge in [0.2, 0.25) is 0 Å². The SMILES string of the molecule is COC(=NCCN1CCCC1)NC(=O)c1cccc(C(F)(F)F)c1. The van der Waals surface area contributed by atoms with Crippen LogP contribution in [0.1, 0.15) is 28.8 Å². The zero-order valence-electron chi connectivity index (χ0n) is 13.4. The van der Waals surface area contributed by atoms with Gasteiger partial charge in [-0.1, -0.05) is 6.07 Å². The number of carbonyl (C=O) groups is 1. The Bertz CT molecular complexity index is 596. The standard InChI is InChI=1S/C16H20F3N3O2/c1-24-15(20-7-10-22-8-2-3-9-22)21-14(23)12-5-4-6-13(11-12)16(17,18)19/h4-6,11H,2-3,7-10H2,1H3,(H,20,21,23). The molecule has 0 aliphatic carbocycles. The van der Waals surface area contributed by atoms with Crippen molar-refractivity contribution in [3.8, 4) is 0 Å². The number of methoxy groups -OCH3 is 1. The van der Waals surface area contributed by atoms with Crippen LogP contribution in [0, 0.1) is 0 Å². The number of benzene rings is 1. The molecule has 1 aliphatic heterocycles. The Morgan fingerprint density at radius 1 is 1.33 bits per heavy atom. The highest BCUT2D eigenvalue weighted by Gasteiger charge is 2.31. The van der Waals surface area contributed by atoms with E-state index in [0.717, 1.165) is 31.8 Å². The quantitative estimate of drug-likeness (QED) is 0.675. The Morgan fingerprint density at radius 2 is 2.04 bits per heavy atom. The third-order valence-corrected chi connectivity index (χ3v) is 3.74. The lowest BCUT2D eigenvalue weighted by atomic mass is 10.1. The Kier molecular flexibility index (Phi) is 6.19. The Balaban J connectivity index is 1.95. The van der Waals surface area contributed by atoms with Gasteiger partial charge in [0.1, 0.15) is 0 Å². The van der Waals surface area contributed by atoms with Gasteiger partial charge in [-0.25, -0.2) is 4.99 Å². The van der Waals surface area contributed by atoms with Crippen molar-refractivity contribution in [3.05, 3.63) is 35.4 Å². The van der Waals surface area contributed by atoms with E-state index in [0.29, 0.717) is 6.54 Å². The monoisotopic (exact) mass is 343 g/mol. The maximum absolute atomic E-state index is 12.7. The summed E-state index contributed by atoms with van der Waals surface area (Å²) in [7, 11) is 1.35. The summed E-state index contributed by atoms with van der Waals surface area (Å²) >= 11 is 0. The average Bonchev–Trinajstić information content (AvgIpc) is 3.06. The van der Waals surface area contributed by atoms with E-state index >= 15 is 0 Å². The molecule has 1 aromatic rings. The van der Waals surface area contributed by atoms with E-state index in [1.54, 1.807) is 0 Å². The van der Waals surface area contributed by atoms with Crippen LogP contribution in [-0.4, -0.2) is 50.1 Å². The van der Waals surface area contributed by atoms with E-state index in [1.807, 2.05) is 0 Å². The first kappa shape index (κ1) is 18.3. The number of aliphatic imine (C=N–C) groups is 1. The molecule has 8 heteroatoms. The van der Waals surface area contributed by atoms with E-state index in [-0.39, 0.29) is 11.6 Å². The molecule has 1 N–H and O–H groups in total. The van der Waals surface area contributed by atoms with E-state index in [1.165, 1.54) is 32.1 Å².